The third-order valence-corrected chi connectivity index (χ3v) is 3.33. The van der Waals surface area contributed by atoms with E-state index in [1.54, 1.807) is 23.5 Å². The molecule has 1 N–H and O–H groups in total. The van der Waals surface area contributed by atoms with Crippen molar-refractivity contribution in [2.24, 2.45) is 0 Å². The maximum atomic E-state index is 11.7. The highest BCUT2D eigenvalue weighted by atomic mass is 35.5. The molecule has 0 aliphatic rings. The standard InChI is InChI=1S/C13H12ClNOS/c14-12-3-1-10(2-4-12)7-13(16)15-8-11-5-6-17-9-11/h1-6,9H,7-8H2,(H,15,16). The lowest BCUT2D eigenvalue weighted by atomic mass is 10.1. The van der Waals surface area contributed by atoms with Crippen LogP contribution in [0.1, 0.15) is 11.1 Å². The second-order valence-corrected chi connectivity index (χ2v) is 4.93. The molecule has 1 heterocycles. The summed E-state index contributed by atoms with van der Waals surface area (Å²) in [7, 11) is 0. The molecule has 0 bridgehead atoms. The minimum atomic E-state index is 0.0264. The van der Waals surface area contributed by atoms with E-state index in [2.05, 4.69) is 5.32 Å². The molecule has 0 unspecified atom stereocenters. The van der Waals surface area contributed by atoms with Crippen LogP contribution in [0.4, 0.5) is 0 Å². The van der Waals surface area contributed by atoms with Gasteiger partial charge in [0.25, 0.3) is 0 Å². The van der Waals surface area contributed by atoms with Gasteiger partial charge in [0.05, 0.1) is 6.42 Å². The van der Waals surface area contributed by atoms with Gasteiger partial charge in [0.1, 0.15) is 0 Å². The van der Waals surface area contributed by atoms with Crippen LogP contribution >= 0.6 is 22.9 Å². The zero-order chi connectivity index (χ0) is 12.1. The van der Waals surface area contributed by atoms with E-state index in [0.717, 1.165) is 11.1 Å². The smallest absolute Gasteiger partial charge is 0.224 e. The maximum absolute atomic E-state index is 11.7. The van der Waals surface area contributed by atoms with Crippen molar-refractivity contribution in [3.8, 4) is 0 Å². The molecule has 17 heavy (non-hydrogen) atoms. The van der Waals surface area contributed by atoms with E-state index in [1.165, 1.54) is 0 Å². The minimum absolute atomic E-state index is 0.0264. The zero-order valence-corrected chi connectivity index (χ0v) is 10.7. The second-order valence-electron chi connectivity index (χ2n) is 3.71. The van der Waals surface area contributed by atoms with Crippen molar-refractivity contribution in [1.29, 1.82) is 0 Å². The first-order valence-electron chi connectivity index (χ1n) is 5.26. The number of benzene rings is 1. The molecule has 2 aromatic rings. The van der Waals surface area contributed by atoms with Gasteiger partial charge in [-0.1, -0.05) is 23.7 Å². The molecular weight excluding hydrogens is 254 g/mol. The number of carbonyl (C=O) groups excluding carboxylic acids is 1. The van der Waals surface area contributed by atoms with E-state index >= 15 is 0 Å². The fourth-order valence-corrected chi connectivity index (χ4v) is 2.24. The molecule has 0 aliphatic carbocycles. The number of carbonyl (C=O) groups is 1. The van der Waals surface area contributed by atoms with Gasteiger partial charge < -0.3 is 5.32 Å². The Morgan fingerprint density at radius 1 is 1.18 bits per heavy atom. The summed E-state index contributed by atoms with van der Waals surface area (Å²) in [5.41, 5.74) is 2.11. The van der Waals surface area contributed by atoms with E-state index in [-0.39, 0.29) is 5.91 Å². The quantitative estimate of drug-likeness (QED) is 0.903. The summed E-state index contributed by atoms with van der Waals surface area (Å²) < 4.78 is 0. The molecule has 0 atom stereocenters. The summed E-state index contributed by atoms with van der Waals surface area (Å²) >= 11 is 7.41. The van der Waals surface area contributed by atoms with Crippen molar-refractivity contribution in [1.82, 2.24) is 5.32 Å². The second kappa shape index (κ2) is 5.84. The van der Waals surface area contributed by atoms with Crippen molar-refractivity contribution in [3.63, 3.8) is 0 Å². The van der Waals surface area contributed by atoms with Gasteiger partial charge in [-0.25, -0.2) is 0 Å². The van der Waals surface area contributed by atoms with Crippen LogP contribution in [0.25, 0.3) is 0 Å². The summed E-state index contributed by atoms with van der Waals surface area (Å²) in [5, 5.41) is 7.60. The highest BCUT2D eigenvalue weighted by Crippen LogP contribution is 2.10. The van der Waals surface area contributed by atoms with Gasteiger partial charge in [-0.15, -0.1) is 0 Å². The number of hydrogen-bond acceptors (Lipinski definition) is 2. The Morgan fingerprint density at radius 2 is 1.94 bits per heavy atom. The van der Waals surface area contributed by atoms with E-state index < -0.39 is 0 Å². The maximum Gasteiger partial charge on any atom is 0.224 e. The van der Waals surface area contributed by atoms with Crippen molar-refractivity contribution in [3.05, 3.63) is 57.2 Å². The first-order valence-corrected chi connectivity index (χ1v) is 6.58. The molecular formula is C13H12ClNOS. The molecule has 0 fully saturated rings. The molecule has 0 spiro atoms. The Kier molecular flexibility index (Phi) is 4.18. The molecule has 4 heteroatoms. The van der Waals surface area contributed by atoms with Gasteiger partial charge in [0.15, 0.2) is 0 Å². The minimum Gasteiger partial charge on any atom is -0.352 e. The van der Waals surface area contributed by atoms with Crippen molar-refractivity contribution in [2.45, 2.75) is 13.0 Å². The van der Waals surface area contributed by atoms with Crippen LogP contribution < -0.4 is 5.32 Å². The fraction of sp³-hybridized carbons (Fsp3) is 0.154. The van der Waals surface area contributed by atoms with Crippen molar-refractivity contribution in [2.75, 3.05) is 0 Å². The monoisotopic (exact) mass is 265 g/mol. The zero-order valence-electron chi connectivity index (χ0n) is 9.15. The SMILES string of the molecule is O=C(Cc1ccc(Cl)cc1)NCc1ccsc1. The third-order valence-electron chi connectivity index (χ3n) is 2.35. The van der Waals surface area contributed by atoms with E-state index in [9.17, 15) is 4.79 Å². The van der Waals surface area contributed by atoms with Crippen LogP contribution in [0, 0.1) is 0 Å². The number of thiophene rings is 1. The van der Waals surface area contributed by atoms with Gasteiger partial charge in [-0.2, -0.15) is 11.3 Å². The van der Waals surface area contributed by atoms with Gasteiger partial charge in [0, 0.05) is 11.6 Å². The lowest BCUT2D eigenvalue weighted by molar-refractivity contribution is -0.120. The van der Waals surface area contributed by atoms with Crippen LogP contribution in [-0.2, 0) is 17.8 Å². The Hall–Kier alpha value is -1.32. The summed E-state index contributed by atoms with van der Waals surface area (Å²) in [6, 6.07) is 9.33. The van der Waals surface area contributed by atoms with E-state index in [4.69, 9.17) is 11.6 Å². The molecule has 2 nitrogen and oxygen atoms in total. The number of rotatable bonds is 4. The molecule has 88 valence electrons. The summed E-state index contributed by atoms with van der Waals surface area (Å²) in [6.45, 7) is 0.593. The van der Waals surface area contributed by atoms with Gasteiger partial charge in [-0.3, -0.25) is 4.79 Å². The van der Waals surface area contributed by atoms with Crippen LogP contribution in [0.3, 0.4) is 0 Å². The number of amides is 1. The predicted octanol–water partition coefficient (Wildman–Crippen LogP) is 3.26. The average Bonchev–Trinajstić information content (AvgIpc) is 2.83. The normalized spacial score (nSPS) is 10.2. The summed E-state index contributed by atoms with van der Waals surface area (Å²) in [4.78, 5) is 11.7. The molecule has 0 aliphatic heterocycles. The highest BCUT2D eigenvalue weighted by molar-refractivity contribution is 7.07. The fourth-order valence-electron chi connectivity index (χ4n) is 1.44. The van der Waals surface area contributed by atoms with Gasteiger partial charge >= 0.3 is 0 Å². The molecule has 0 radical (unpaired) electrons. The number of halogens is 1. The molecule has 1 aromatic heterocycles. The Morgan fingerprint density at radius 3 is 2.59 bits per heavy atom. The summed E-state index contributed by atoms with van der Waals surface area (Å²) in [6.07, 6.45) is 0.390. The van der Waals surface area contributed by atoms with Crippen LogP contribution in [0.2, 0.25) is 5.02 Å². The van der Waals surface area contributed by atoms with E-state index in [0.29, 0.717) is 18.0 Å². The first-order chi connectivity index (χ1) is 8.24. The molecule has 0 saturated heterocycles. The highest BCUT2D eigenvalue weighted by Gasteiger charge is 2.03. The van der Waals surface area contributed by atoms with Gasteiger partial charge in [-0.05, 0) is 40.1 Å². The van der Waals surface area contributed by atoms with Crippen LogP contribution in [-0.4, -0.2) is 5.91 Å². The molecule has 2 rings (SSSR count). The average molecular weight is 266 g/mol. The predicted molar refractivity (Wildman–Crippen MR) is 71.3 cm³/mol. The lowest BCUT2D eigenvalue weighted by Crippen LogP contribution is -2.24. The topological polar surface area (TPSA) is 29.1 Å². The Bertz CT molecular complexity index is 479. The van der Waals surface area contributed by atoms with E-state index in [1.807, 2.05) is 29.0 Å². The molecule has 1 aromatic carbocycles. The largest absolute Gasteiger partial charge is 0.352 e. The summed E-state index contributed by atoms with van der Waals surface area (Å²) in [5.74, 6) is 0.0264. The number of nitrogens with one attached hydrogen (secondary N) is 1. The Labute approximate surface area is 109 Å². The molecule has 0 saturated carbocycles. The third kappa shape index (κ3) is 3.88. The lowest BCUT2D eigenvalue weighted by Gasteiger charge is -2.04. The van der Waals surface area contributed by atoms with Crippen LogP contribution in [0.5, 0.6) is 0 Å². The number of hydrogen-bond donors (Lipinski definition) is 1. The Balaban J connectivity index is 1.83. The van der Waals surface area contributed by atoms with Crippen LogP contribution in [0.15, 0.2) is 41.1 Å². The molecule has 1 amide bonds. The van der Waals surface area contributed by atoms with Gasteiger partial charge in [0.2, 0.25) is 5.91 Å². The van der Waals surface area contributed by atoms with Crippen molar-refractivity contribution >= 4 is 28.8 Å². The van der Waals surface area contributed by atoms with Crippen molar-refractivity contribution < 1.29 is 4.79 Å². The first kappa shape index (κ1) is 12.1.